The summed E-state index contributed by atoms with van der Waals surface area (Å²) in [7, 11) is 0. The molecule has 2 atom stereocenters. The molecule has 2 saturated heterocycles. The predicted octanol–water partition coefficient (Wildman–Crippen LogP) is 1.65. The molecule has 0 bridgehead atoms. The number of nitrogens with one attached hydrogen (secondary N) is 2. The van der Waals surface area contributed by atoms with Gasteiger partial charge in [-0.2, -0.15) is 0 Å². The Bertz CT molecular complexity index is 892. The lowest BCUT2D eigenvalue weighted by atomic mass is 9.96. The second-order valence-corrected chi connectivity index (χ2v) is 10.0. The van der Waals surface area contributed by atoms with Crippen molar-refractivity contribution in [2.75, 3.05) is 26.4 Å². The number of esters is 2. The first-order valence-electron chi connectivity index (χ1n) is 13.1. The summed E-state index contributed by atoms with van der Waals surface area (Å²) in [5.74, 6) is -3.76. The van der Waals surface area contributed by atoms with Gasteiger partial charge in [0.1, 0.15) is 12.1 Å². The van der Waals surface area contributed by atoms with Crippen LogP contribution in [0.25, 0.3) is 0 Å². The van der Waals surface area contributed by atoms with Gasteiger partial charge in [0.2, 0.25) is 23.5 Å². The lowest BCUT2D eigenvalue weighted by Crippen LogP contribution is -2.56. The maximum atomic E-state index is 13.6. The van der Waals surface area contributed by atoms with E-state index < -0.39 is 35.8 Å². The molecule has 2 fully saturated rings. The van der Waals surface area contributed by atoms with Crippen LogP contribution in [-0.4, -0.2) is 73.0 Å². The topological polar surface area (TPSA) is 140 Å². The molecule has 2 rings (SSSR count). The van der Waals surface area contributed by atoms with Crippen LogP contribution in [0.3, 0.4) is 0 Å². The van der Waals surface area contributed by atoms with Crippen LogP contribution in [0.15, 0.2) is 11.5 Å². The van der Waals surface area contributed by atoms with E-state index >= 15 is 0 Å². The highest BCUT2D eigenvalue weighted by atomic mass is 16.6. The largest absolute Gasteiger partial charge is 0.460 e. The van der Waals surface area contributed by atoms with Gasteiger partial charge in [-0.25, -0.2) is 4.79 Å². The quantitative estimate of drug-likeness (QED) is 0.250. The first kappa shape index (κ1) is 30.3. The molecule has 0 aromatic rings. The highest BCUT2D eigenvalue weighted by molar-refractivity contribution is 5.95. The maximum Gasteiger partial charge on any atom is 0.376 e. The molecule has 37 heavy (non-hydrogen) atoms. The van der Waals surface area contributed by atoms with Crippen molar-refractivity contribution >= 4 is 29.7 Å². The molecule has 2 aliphatic heterocycles. The molecular formula is C26H41N3O8. The molecule has 2 N–H and O–H groups in total. The molecule has 11 heteroatoms. The lowest BCUT2D eigenvalue weighted by Gasteiger charge is -2.32. The fourth-order valence-corrected chi connectivity index (χ4v) is 4.45. The number of amides is 3. The SMILES string of the molecule is CCOC(=O)C(OC(C)=O)=C(NC(=O)[C@@H]1CCCN1C(=O)C(NC(=O)C1CCOCC1)C(C)C)C(C)C. The Labute approximate surface area is 218 Å². The molecule has 1 unspecified atom stereocenters. The minimum atomic E-state index is -0.864. The van der Waals surface area contributed by atoms with Crippen molar-refractivity contribution in [1.82, 2.24) is 15.5 Å². The number of nitrogens with zero attached hydrogens (tertiary/aromatic N) is 1. The second kappa shape index (κ2) is 14.1. The highest BCUT2D eigenvalue weighted by Crippen LogP contribution is 2.23. The van der Waals surface area contributed by atoms with Crippen molar-refractivity contribution < 1.29 is 38.2 Å². The van der Waals surface area contributed by atoms with Gasteiger partial charge in [-0.15, -0.1) is 0 Å². The number of ether oxygens (including phenoxy) is 3. The molecule has 2 aliphatic rings. The number of carbonyl (C=O) groups excluding carboxylic acids is 5. The van der Waals surface area contributed by atoms with E-state index in [1.807, 2.05) is 13.8 Å². The van der Waals surface area contributed by atoms with Crippen LogP contribution in [0.4, 0.5) is 0 Å². The predicted molar refractivity (Wildman–Crippen MR) is 133 cm³/mol. The third-order valence-corrected chi connectivity index (χ3v) is 6.45. The van der Waals surface area contributed by atoms with E-state index in [0.29, 0.717) is 45.4 Å². The Morgan fingerprint density at radius 2 is 1.65 bits per heavy atom. The Balaban J connectivity index is 2.24. The van der Waals surface area contributed by atoms with E-state index in [2.05, 4.69) is 10.6 Å². The van der Waals surface area contributed by atoms with Gasteiger partial charge in [0.15, 0.2) is 0 Å². The summed E-state index contributed by atoms with van der Waals surface area (Å²) in [6.45, 7) is 11.4. The zero-order valence-electron chi connectivity index (χ0n) is 22.8. The molecule has 0 saturated carbocycles. The van der Waals surface area contributed by atoms with Gasteiger partial charge in [0.05, 0.1) is 12.3 Å². The average molecular weight is 524 g/mol. The summed E-state index contributed by atoms with van der Waals surface area (Å²) in [4.78, 5) is 65.4. The first-order valence-corrected chi connectivity index (χ1v) is 13.1. The molecule has 0 aromatic heterocycles. The van der Waals surface area contributed by atoms with Crippen molar-refractivity contribution in [3.05, 3.63) is 11.5 Å². The van der Waals surface area contributed by atoms with E-state index in [-0.39, 0.29) is 41.7 Å². The maximum absolute atomic E-state index is 13.6. The van der Waals surface area contributed by atoms with Crippen LogP contribution >= 0.6 is 0 Å². The zero-order valence-corrected chi connectivity index (χ0v) is 22.8. The van der Waals surface area contributed by atoms with Crippen LogP contribution in [-0.2, 0) is 38.2 Å². The van der Waals surface area contributed by atoms with Gasteiger partial charge >= 0.3 is 11.9 Å². The number of likely N-dealkylation sites (tertiary alicyclic amines) is 1. The van der Waals surface area contributed by atoms with Gasteiger partial charge in [-0.1, -0.05) is 27.7 Å². The van der Waals surface area contributed by atoms with Gasteiger partial charge in [0.25, 0.3) is 0 Å². The number of allylic oxidation sites excluding steroid dienone is 1. The molecule has 2 heterocycles. The summed E-state index contributed by atoms with van der Waals surface area (Å²) in [5.41, 5.74) is 0.103. The van der Waals surface area contributed by atoms with Gasteiger partial charge in [-0.3, -0.25) is 19.2 Å². The summed E-state index contributed by atoms with van der Waals surface area (Å²) in [6, 6.07) is -1.58. The Morgan fingerprint density at radius 1 is 1.00 bits per heavy atom. The molecule has 0 aromatic carbocycles. The van der Waals surface area contributed by atoms with Crippen LogP contribution in [0.5, 0.6) is 0 Å². The van der Waals surface area contributed by atoms with Crippen molar-refractivity contribution in [3.63, 3.8) is 0 Å². The van der Waals surface area contributed by atoms with Crippen molar-refractivity contribution in [3.8, 4) is 0 Å². The molecule has 0 aliphatic carbocycles. The number of carbonyl (C=O) groups is 5. The molecule has 11 nitrogen and oxygen atoms in total. The van der Waals surface area contributed by atoms with E-state index in [9.17, 15) is 24.0 Å². The van der Waals surface area contributed by atoms with Crippen LogP contribution in [0.2, 0.25) is 0 Å². The van der Waals surface area contributed by atoms with Gasteiger partial charge in [0, 0.05) is 32.6 Å². The summed E-state index contributed by atoms with van der Waals surface area (Å²) in [6.07, 6.45) is 2.24. The average Bonchev–Trinajstić information content (AvgIpc) is 3.34. The van der Waals surface area contributed by atoms with E-state index in [4.69, 9.17) is 14.2 Å². The second-order valence-electron chi connectivity index (χ2n) is 10.0. The fourth-order valence-electron chi connectivity index (χ4n) is 4.45. The normalized spacial score (nSPS) is 19.8. The van der Waals surface area contributed by atoms with Crippen LogP contribution in [0, 0.1) is 17.8 Å². The number of rotatable bonds is 10. The minimum Gasteiger partial charge on any atom is -0.460 e. The summed E-state index contributed by atoms with van der Waals surface area (Å²) >= 11 is 0. The summed E-state index contributed by atoms with van der Waals surface area (Å²) < 4.78 is 15.4. The third-order valence-electron chi connectivity index (χ3n) is 6.45. The van der Waals surface area contributed by atoms with Crippen LogP contribution < -0.4 is 10.6 Å². The van der Waals surface area contributed by atoms with Crippen molar-refractivity contribution in [2.24, 2.45) is 17.8 Å². The van der Waals surface area contributed by atoms with E-state index in [1.165, 1.54) is 4.90 Å². The molecule has 208 valence electrons. The first-order chi connectivity index (χ1) is 17.5. The lowest BCUT2D eigenvalue weighted by molar-refractivity contribution is -0.150. The van der Waals surface area contributed by atoms with E-state index in [0.717, 1.165) is 6.92 Å². The molecule has 3 amide bonds. The minimum absolute atomic E-state index is 0.0595. The Kier molecular flexibility index (Phi) is 11.5. The zero-order chi connectivity index (χ0) is 27.7. The van der Waals surface area contributed by atoms with Gasteiger partial charge in [-0.05, 0) is 44.4 Å². The summed E-state index contributed by atoms with van der Waals surface area (Å²) in [5, 5.41) is 5.62. The van der Waals surface area contributed by atoms with Crippen LogP contribution in [0.1, 0.15) is 67.2 Å². The number of hydrogen-bond donors (Lipinski definition) is 2. The number of hydrogen-bond acceptors (Lipinski definition) is 8. The Morgan fingerprint density at radius 3 is 2.19 bits per heavy atom. The molecule has 0 spiro atoms. The van der Waals surface area contributed by atoms with Gasteiger partial charge < -0.3 is 29.7 Å². The molecular weight excluding hydrogens is 482 g/mol. The van der Waals surface area contributed by atoms with Crippen molar-refractivity contribution in [2.45, 2.75) is 79.3 Å². The smallest absolute Gasteiger partial charge is 0.376 e. The third kappa shape index (κ3) is 8.28. The monoisotopic (exact) mass is 523 g/mol. The highest BCUT2D eigenvalue weighted by Gasteiger charge is 2.40. The molecule has 0 radical (unpaired) electrons. The fraction of sp³-hybridized carbons (Fsp3) is 0.731. The van der Waals surface area contributed by atoms with Crippen molar-refractivity contribution in [1.29, 1.82) is 0 Å². The Hall–Kier alpha value is -2.95. The van der Waals surface area contributed by atoms with E-state index in [1.54, 1.807) is 20.8 Å². The standard InChI is InChI=1S/C26H41N3O8/c1-7-36-26(34)22(37-17(6)30)20(15(2)3)27-24(32)19-9-8-12-29(19)25(33)21(16(4)5)28-23(31)18-10-13-35-14-11-18/h15-16,18-19,21H,7-14H2,1-6H3,(H,27,32)(H,28,31)/t19-,21?/m0/s1.